The molecule has 44 heavy (non-hydrogen) atoms. The molecule has 0 fully saturated rings. The fourth-order valence-electron chi connectivity index (χ4n) is 6.67. The molecule has 7 rings (SSSR count). The van der Waals surface area contributed by atoms with Crippen LogP contribution in [0.15, 0.2) is 163 Å². The quantitative estimate of drug-likeness (QED) is 0.109. The van der Waals surface area contributed by atoms with E-state index in [1.165, 1.54) is 27.4 Å². The van der Waals surface area contributed by atoms with Crippen LogP contribution in [0.3, 0.4) is 0 Å². The van der Waals surface area contributed by atoms with Gasteiger partial charge in [-0.15, -0.1) is 11.3 Å². The summed E-state index contributed by atoms with van der Waals surface area (Å²) in [6, 6.07) is 55.7. The summed E-state index contributed by atoms with van der Waals surface area (Å²) in [7, 11) is 0. The molecule has 0 unspecified atom stereocenters. The van der Waals surface area contributed by atoms with E-state index in [1.807, 2.05) is 36.4 Å². The van der Waals surface area contributed by atoms with Crippen LogP contribution >= 0.6 is 11.3 Å². The minimum absolute atomic E-state index is 0.0930. The van der Waals surface area contributed by atoms with Gasteiger partial charge in [-0.05, 0) is 41.8 Å². The summed E-state index contributed by atoms with van der Waals surface area (Å²) in [5.41, 5.74) is 7.53. The first-order chi connectivity index (χ1) is 21.7. The second-order valence-corrected chi connectivity index (χ2v) is 12.5. The average molecular weight is 588 g/mol. The van der Waals surface area contributed by atoms with E-state index in [0.717, 1.165) is 32.2 Å². The van der Waals surface area contributed by atoms with E-state index in [4.69, 9.17) is 4.74 Å². The molecule has 1 heterocycles. The van der Waals surface area contributed by atoms with Crippen molar-refractivity contribution in [2.24, 2.45) is 0 Å². The lowest BCUT2D eigenvalue weighted by Crippen LogP contribution is -2.74. The third kappa shape index (κ3) is 5.28. The van der Waals surface area contributed by atoms with Gasteiger partial charge in [0.05, 0.1) is 13.2 Å². The van der Waals surface area contributed by atoms with Gasteiger partial charge in [0.25, 0.3) is 0 Å². The van der Waals surface area contributed by atoms with Crippen LogP contribution < -0.4 is 27.3 Å². The van der Waals surface area contributed by atoms with Crippen LogP contribution in [0.4, 0.5) is 0 Å². The molecule has 0 spiro atoms. The molecule has 0 bridgehead atoms. The number of rotatable bonds is 9. The average Bonchev–Trinajstić information content (AvgIpc) is 3.09. The molecule has 0 amide bonds. The highest BCUT2D eigenvalue weighted by Gasteiger charge is 2.31. The van der Waals surface area contributed by atoms with Crippen molar-refractivity contribution in [2.45, 2.75) is 13.0 Å². The van der Waals surface area contributed by atoms with Crippen molar-refractivity contribution in [1.82, 2.24) is 0 Å². The number of ether oxygens (including phenoxy) is 1. The Hall–Kier alpha value is -4.77. The zero-order chi connectivity index (χ0) is 29.8. The molecule has 214 valence electrons. The molecule has 7 aromatic rings. The second kappa shape index (κ2) is 12.5. The van der Waals surface area contributed by atoms with Gasteiger partial charge in [-0.1, -0.05) is 133 Å². The minimum atomic E-state index is -1.37. The van der Waals surface area contributed by atoms with Crippen LogP contribution in [-0.4, -0.2) is 12.8 Å². The number of hydrogen-bond acceptors (Lipinski definition) is 3. The third-order valence-corrected chi connectivity index (χ3v) is 9.97. The Labute approximate surface area is 262 Å². The highest BCUT2D eigenvalue weighted by Crippen LogP contribution is 2.25. The molecule has 2 nitrogen and oxygen atoms in total. The molecular weight excluding hydrogens is 555 g/mol. The second-order valence-electron chi connectivity index (χ2n) is 11.4. The maximum atomic E-state index is 13.1. The minimum Gasteiger partial charge on any atom is -0.376 e. The smallest absolute Gasteiger partial charge is 0.195 e. The Kier molecular flexibility index (Phi) is 7.94. The third-order valence-electron chi connectivity index (χ3n) is 8.82. The monoisotopic (exact) mass is 587 g/mol. The molecule has 0 atom stereocenters. The molecule has 1 aromatic heterocycles. The lowest BCUT2D eigenvalue weighted by molar-refractivity contribution is 0.124. The van der Waals surface area contributed by atoms with E-state index >= 15 is 0 Å². The largest absolute Gasteiger partial charge is 0.376 e. The van der Waals surface area contributed by atoms with E-state index in [0.29, 0.717) is 13.2 Å². The Morgan fingerprint density at radius 2 is 1.00 bits per heavy atom. The molecule has 0 aliphatic heterocycles. The van der Waals surface area contributed by atoms with Gasteiger partial charge >= 0.3 is 0 Å². The predicted molar refractivity (Wildman–Crippen MR) is 189 cm³/mol. The van der Waals surface area contributed by atoms with Crippen LogP contribution in [0.1, 0.15) is 11.1 Å². The van der Waals surface area contributed by atoms with Crippen molar-refractivity contribution < 1.29 is 4.74 Å². The van der Waals surface area contributed by atoms with Gasteiger partial charge in [0.15, 0.2) is 5.43 Å². The molecule has 0 N–H and O–H groups in total. The van der Waals surface area contributed by atoms with Crippen molar-refractivity contribution in [3.8, 4) is 0 Å². The lowest BCUT2D eigenvalue weighted by Gasteiger charge is -2.44. The Morgan fingerprint density at radius 1 is 0.500 bits per heavy atom. The van der Waals surface area contributed by atoms with Gasteiger partial charge in [-0.2, -0.15) is 21.9 Å². The van der Waals surface area contributed by atoms with Crippen LogP contribution in [0, 0.1) is 0 Å². The van der Waals surface area contributed by atoms with Crippen molar-refractivity contribution in [3.63, 3.8) is 0 Å². The Morgan fingerprint density at radius 3 is 1.61 bits per heavy atom. The lowest BCUT2D eigenvalue weighted by atomic mass is 9.13. The van der Waals surface area contributed by atoms with Gasteiger partial charge in [0.2, 0.25) is 0 Å². The van der Waals surface area contributed by atoms with E-state index in [2.05, 4.69) is 121 Å². The molecule has 0 radical (unpaired) electrons. The predicted octanol–water partition coefficient (Wildman–Crippen LogP) is 6.55. The first kappa shape index (κ1) is 28.0. The van der Waals surface area contributed by atoms with Crippen LogP contribution in [0.5, 0.6) is 0 Å². The van der Waals surface area contributed by atoms with E-state index in [9.17, 15) is 4.79 Å². The van der Waals surface area contributed by atoms with E-state index in [-0.39, 0.29) is 5.43 Å². The fraction of sp³-hybridized carbons (Fsp3) is 0.0750. The summed E-state index contributed by atoms with van der Waals surface area (Å²) in [6.07, 6.45) is -0.556. The van der Waals surface area contributed by atoms with Crippen LogP contribution in [0.25, 0.3) is 20.2 Å². The first-order valence-electron chi connectivity index (χ1n) is 15.2. The van der Waals surface area contributed by atoms with E-state index < -0.39 is 6.15 Å². The molecule has 0 saturated heterocycles. The normalized spacial score (nSPS) is 11.6. The fourth-order valence-corrected chi connectivity index (χ4v) is 7.72. The zero-order valence-electron chi connectivity index (χ0n) is 24.4. The number of fused-ring (bicyclic) bond motifs is 2. The van der Waals surface area contributed by atoms with Gasteiger partial charge in [-0.3, -0.25) is 4.79 Å². The number of benzene rings is 6. The molecule has 0 aliphatic rings. The standard InChI is InChI=1S/C40H32BO2S/c42-40-36-18-10-11-19-38(36)44-39-25-22-31(28-37(39)40)29-43-27-26-30-20-23-35(24-21-30)41(32-12-4-1-5-13-32,33-14-6-2-7-15-33)34-16-8-3-9-17-34/h1-25,28H,26-27,29H2/q-1. The maximum absolute atomic E-state index is 13.1. The summed E-state index contributed by atoms with van der Waals surface area (Å²) < 4.78 is 8.14. The molecular formula is C40H32BO2S-. The van der Waals surface area contributed by atoms with Gasteiger partial charge in [0, 0.05) is 20.2 Å². The van der Waals surface area contributed by atoms with Crippen molar-refractivity contribution in [2.75, 3.05) is 6.61 Å². The van der Waals surface area contributed by atoms with Gasteiger partial charge in [-0.25, -0.2) is 0 Å². The first-order valence-corrected chi connectivity index (χ1v) is 16.0. The van der Waals surface area contributed by atoms with Crippen molar-refractivity contribution in [1.29, 1.82) is 0 Å². The van der Waals surface area contributed by atoms with Crippen LogP contribution in [0.2, 0.25) is 0 Å². The summed E-state index contributed by atoms with van der Waals surface area (Å²) in [4.78, 5) is 13.1. The molecule has 0 saturated carbocycles. The highest BCUT2D eigenvalue weighted by atomic mass is 32.1. The highest BCUT2D eigenvalue weighted by molar-refractivity contribution is 7.24. The molecule has 4 heteroatoms. The number of hydrogen-bond donors (Lipinski definition) is 0. The molecule has 0 aliphatic carbocycles. The zero-order valence-corrected chi connectivity index (χ0v) is 25.3. The summed E-state index contributed by atoms with van der Waals surface area (Å²) >= 11 is 1.66. The molecule has 6 aromatic carbocycles. The SMILES string of the molecule is O=c1c2ccccc2sc2ccc(COCCc3ccc([B-](c4ccccc4)(c4ccccc4)c4ccccc4)cc3)cc12. The Bertz CT molecular complexity index is 1980. The summed E-state index contributed by atoms with van der Waals surface area (Å²) in [5, 5.41) is 1.55. The topological polar surface area (TPSA) is 26.3 Å². The van der Waals surface area contributed by atoms with Crippen LogP contribution in [-0.2, 0) is 17.8 Å². The van der Waals surface area contributed by atoms with Crippen molar-refractivity contribution in [3.05, 3.63) is 179 Å². The maximum Gasteiger partial charge on any atom is 0.195 e. The van der Waals surface area contributed by atoms with Gasteiger partial charge < -0.3 is 4.74 Å². The van der Waals surface area contributed by atoms with Crippen molar-refractivity contribution >= 4 is 59.5 Å². The summed E-state index contributed by atoms with van der Waals surface area (Å²) in [5.74, 6) is 0. The van der Waals surface area contributed by atoms with E-state index in [1.54, 1.807) is 11.3 Å². The summed E-state index contributed by atoms with van der Waals surface area (Å²) in [6.45, 7) is 1.08. The van der Waals surface area contributed by atoms with Gasteiger partial charge in [0.1, 0.15) is 6.15 Å². The Balaban J connectivity index is 1.12.